The number of nitrogens with one attached hydrogen (secondary N) is 1. The van der Waals surface area contributed by atoms with Crippen molar-refractivity contribution in [2.24, 2.45) is 0 Å². The van der Waals surface area contributed by atoms with E-state index in [-0.39, 0.29) is 11.7 Å². The summed E-state index contributed by atoms with van der Waals surface area (Å²) in [7, 11) is 0. The van der Waals surface area contributed by atoms with Gasteiger partial charge in [-0.05, 0) is 19.8 Å². The van der Waals surface area contributed by atoms with Gasteiger partial charge in [0.15, 0.2) is 0 Å². The molecule has 3 rings (SSSR count). The molecular weight excluding hydrogens is 230 g/mol. The van der Waals surface area contributed by atoms with Crippen molar-refractivity contribution in [2.45, 2.75) is 44.4 Å². The molecule has 2 N–H and O–H groups in total. The number of hydrogen-bond donors (Lipinski definition) is 2. The Labute approximate surface area is 107 Å². The number of piperidine rings is 1. The summed E-state index contributed by atoms with van der Waals surface area (Å²) in [6.45, 7) is 5.48. The van der Waals surface area contributed by atoms with E-state index >= 15 is 0 Å². The Balaban J connectivity index is 1.54. The summed E-state index contributed by atoms with van der Waals surface area (Å²) in [5.74, 6) is 0.973. The number of likely N-dealkylation sites (tertiary alicyclic amines) is 1. The monoisotopic (exact) mass is 251 g/mol. The minimum atomic E-state index is -0.258. The van der Waals surface area contributed by atoms with Crippen LogP contribution in [-0.2, 0) is 11.3 Å². The highest BCUT2D eigenvalue weighted by molar-refractivity contribution is 5.01. The number of imidazole rings is 1. The summed E-state index contributed by atoms with van der Waals surface area (Å²) in [6.07, 6.45) is 4.51. The van der Waals surface area contributed by atoms with E-state index in [4.69, 9.17) is 4.74 Å². The topological polar surface area (TPSA) is 61.4 Å². The van der Waals surface area contributed by atoms with Crippen LogP contribution in [0.1, 0.15) is 30.8 Å². The Hall–Kier alpha value is -0.910. The largest absolute Gasteiger partial charge is 0.391 e. The van der Waals surface area contributed by atoms with Gasteiger partial charge >= 0.3 is 0 Å². The molecule has 0 amide bonds. The van der Waals surface area contributed by atoms with Crippen LogP contribution in [0.3, 0.4) is 0 Å². The normalized spacial score (nSPS) is 28.0. The Morgan fingerprint density at radius 2 is 2.33 bits per heavy atom. The zero-order chi connectivity index (χ0) is 12.6. The lowest BCUT2D eigenvalue weighted by molar-refractivity contribution is -0.0458. The molecular formula is C13H21N3O2. The molecule has 0 aromatic carbocycles. The Kier molecular flexibility index (Phi) is 3.13. The van der Waals surface area contributed by atoms with E-state index in [0.29, 0.717) is 6.61 Å². The maximum Gasteiger partial charge on any atom is 0.103 e. The smallest absolute Gasteiger partial charge is 0.103 e. The predicted octanol–water partition coefficient (Wildman–Crippen LogP) is 0.834. The third kappa shape index (κ3) is 2.43. The van der Waals surface area contributed by atoms with Crippen molar-refractivity contribution in [1.29, 1.82) is 0 Å². The van der Waals surface area contributed by atoms with Crippen molar-refractivity contribution < 1.29 is 9.84 Å². The van der Waals surface area contributed by atoms with Gasteiger partial charge in [-0.1, -0.05) is 0 Å². The van der Waals surface area contributed by atoms with E-state index < -0.39 is 0 Å². The van der Waals surface area contributed by atoms with Gasteiger partial charge in [-0.3, -0.25) is 4.90 Å². The first-order valence-corrected chi connectivity index (χ1v) is 6.70. The standard InChI is InChI=1S/C13H21N3O2/c1-10-14-7-11(15-10)8-16-4-2-13(3-5-16)6-12(17)9-18-13/h7,12,17H,2-6,8-9H2,1H3,(H,14,15). The van der Waals surface area contributed by atoms with Gasteiger partial charge in [-0.2, -0.15) is 0 Å². The van der Waals surface area contributed by atoms with Crippen LogP contribution in [0, 0.1) is 6.92 Å². The highest BCUT2D eigenvalue weighted by atomic mass is 16.5. The first-order valence-electron chi connectivity index (χ1n) is 6.70. The lowest BCUT2D eigenvalue weighted by Crippen LogP contribution is -2.43. The van der Waals surface area contributed by atoms with Crippen LogP contribution in [0.5, 0.6) is 0 Å². The van der Waals surface area contributed by atoms with E-state index in [1.165, 1.54) is 5.69 Å². The fourth-order valence-electron chi connectivity index (χ4n) is 3.08. The van der Waals surface area contributed by atoms with Crippen molar-refractivity contribution in [3.05, 3.63) is 17.7 Å². The minimum absolute atomic E-state index is 0.0418. The van der Waals surface area contributed by atoms with Crippen molar-refractivity contribution in [3.63, 3.8) is 0 Å². The van der Waals surface area contributed by atoms with Crippen molar-refractivity contribution in [2.75, 3.05) is 19.7 Å². The van der Waals surface area contributed by atoms with Crippen LogP contribution in [-0.4, -0.2) is 51.4 Å². The highest BCUT2D eigenvalue weighted by Gasteiger charge is 2.42. The van der Waals surface area contributed by atoms with Gasteiger partial charge in [0.2, 0.25) is 0 Å². The maximum absolute atomic E-state index is 9.60. The number of aromatic amines is 1. The molecule has 100 valence electrons. The summed E-state index contributed by atoms with van der Waals surface area (Å²) in [6, 6.07) is 0. The maximum atomic E-state index is 9.60. The molecule has 0 saturated carbocycles. The van der Waals surface area contributed by atoms with Gasteiger partial charge in [0.1, 0.15) is 5.82 Å². The van der Waals surface area contributed by atoms with E-state index in [0.717, 1.165) is 44.7 Å². The molecule has 0 radical (unpaired) electrons. The third-order valence-electron chi connectivity index (χ3n) is 4.11. The summed E-state index contributed by atoms with van der Waals surface area (Å²) < 4.78 is 5.80. The zero-order valence-corrected chi connectivity index (χ0v) is 10.9. The third-order valence-corrected chi connectivity index (χ3v) is 4.11. The van der Waals surface area contributed by atoms with Crippen LogP contribution in [0.2, 0.25) is 0 Å². The van der Waals surface area contributed by atoms with E-state index in [1.54, 1.807) is 0 Å². The van der Waals surface area contributed by atoms with Crippen LogP contribution < -0.4 is 0 Å². The highest BCUT2D eigenvalue weighted by Crippen LogP contribution is 2.36. The van der Waals surface area contributed by atoms with Crippen LogP contribution in [0.4, 0.5) is 0 Å². The lowest BCUT2D eigenvalue weighted by Gasteiger charge is -2.38. The Morgan fingerprint density at radius 3 is 2.89 bits per heavy atom. The number of aliphatic hydroxyl groups is 1. The first kappa shape index (κ1) is 12.1. The van der Waals surface area contributed by atoms with Crippen molar-refractivity contribution in [1.82, 2.24) is 14.9 Å². The zero-order valence-electron chi connectivity index (χ0n) is 10.9. The van der Waals surface area contributed by atoms with Gasteiger partial charge in [0, 0.05) is 37.9 Å². The summed E-state index contributed by atoms with van der Waals surface area (Å²) in [5.41, 5.74) is 1.13. The molecule has 1 atom stereocenters. The van der Waals surface area contributed by atoms with Gasteiger partial charge < -0.3 is 14.8 Å². The SMILES string of the molecule is Cc1ncc(CN2CCC3(CC2)CC(O)CO3)[nH]1. The molecule has 1 unspecified atom stereocenters. The van der Waals surface area contributed by atoms with Gasteiger partial charge in [0.05, 0.1) is 18.3 Å². The van der Waals surface area contributed by atoms with Crippen LogP contribution >= 0.6 is 0 Å². The molecule has 1 aromatic rings. The molecule has 18 heavy (non-hydrogen) atoms. The molecule has 5 heteroatoms. The summed E-state index contributed by atoms with van der Waals surface area (Å²) in [4.78, 5) is 9.91. The Morgan fingerprint density at radius 1 is 1.56 bits per heavy atom. The molecule has 1 aromatic heterocycles. The number of aryl methyl sites for hydroxylation is 1. The Bertz CT molecular complexity index is 410. The van der Waals surface area contributed by atoms with Gasteiger partial charge in [-0.15, -0.1) is 0 Å². The van der Waals surface area contributed by atoms with Gasteiger partial charge in [-0.25, -0.2) is 4.98 Å². The molecule has 2 fully saturated rings. The molecule has 5 nitrogen and oxygen atoms in total. The molecule has 0 aliphatic carbocycles. The second kappa shape index (κ2) is 4.64. The number of H-pyrrole nitrogens is 1. The molecule has 2 aliphatic heterocycles. The van der Waals surface area contributed by atoms with E-state index in [2.05, 4.69) is 14.9 Å². The fourth-order valence-corrected chi connectivity index (χ4v) is 3.08. The number of ether oxygens (including phenoxy) is 1. The second-order valence-electron chi connectivity index (χ2n) is 5.62. The summed E-state index contributed by atoms with van der Waals surface area (Å²) in [5, 5.41) is 9.60. The lowest BCUT2D eigenvalue weighted by atomic mass is 9.88. The van der Waals surface area contributed by atoms with Crippen molar-refractivity contribution in [3.8, 4) is 0 Å². The molecule has 2 saturated heterocycles. The van der Waals surface area contributed by atoms with Gasteiger partial charge in [0.25, 0.3) is 0 Å². The van der Waals surface area contributed by atoms with E-state index in [1.807, 2.05) is 13.1 Å². The second-order valence-corrected chi connectivity index (χ2v) is 5.62. The van der Waals surface area contributed by atoms with Crippen LogP contribution in [0.15, 0.2) is 6.20 Å². The number of hydrogen-bond acceptors (Lipinski definition) is 4. The first-order chi connectivity index (χ1) is 8.65. The number of nitrogens with zero attached hydrogens (tertiary/aromatic N) is 2. The molecule has 2 aliphatic rings. The van der Waals surface area contributed by atoms with E-state index in [9.17, 15) is 5.11 Å². The fraction of sp³-hybridized carbons (Fsp3) is 0.769. The minimum Gasteiger partial charge on any atom is -0.391 e. The molecule has 3 heterocycles. The predicted molar refractivity (Wildman–Crippen MR) is 67.1 cm³/mol. The van der Waals surface area contributed by atoms with Crippen LogP contribution in [0.25, 0.3) is 0 Å². The molecule has 0 bridgehead atoms. The quantitative estimate of drug-likeness (QED) is 0.817. The number of aromatic nitrogens is 2. The van der Waals surface area contributed by atoms with Crippen molar-refractivity contribution >= 4 is 0 Å². The average Bonchev–Trinajstić information content (AvgIpc) is 2.90. The average molecular weight is 251 g/mol. The summed E-state index contributed by atoms with van der Waals surface area (Å²) >= 11 is 0. The number of aliphatic hydroxyl groups excluding tert-OH is 1. The number of rotatable bonds is 2. The molecule has 1 spiro atoms.